The molecular formula is C34H31NO3S. The summed E-state index contributed by atoms with van der Waals surface area (Å²) in [6.45, 7) is 5.63. The Labute approximate surface area is 233 Å². The number of phenolic OH excluding ortho intramolecular Hbond substituents is 1. The molecular weight excluding hydrogens is 502 g/mol. The quantitative estimate of drug-likeness (QED) is 0.170. The maximum Gasteiger partial charge on any atom is 0.343 e. The van der Waals surface area contributed by atoms with Gasteiger partial charge in [0.1, 0.15) is 11.5 Å². The molecule has 5 heteroatoms. The van der Waals surface area contributed by atoms with Gasteiger partial charge in [0.2, 0.25) is 0 Å². The molecule has 1 fully saturated rings. The molecule has 0 radical (unpaired) electrons. The molecule has 2 heterocycles. The van der Waals surface area contributed by atoms with Crippen molar-refractivity contribution in [2.75, 3.05) is 13.1 Å². The molecule has 0 bridgehead atoms. The van der Waals surface area contributed by atoms with Crippen LogP contribution in [0.1, 0.15) is 45.5 Å². The minimum Gasteiger partial charge on any atom is -0.508 e. The van der Waals surface area contributed by atoms with Crippen molar-refractivity contribution in [2.45, 2.75) is 32.7 Å². The average molecular weight is 534 g/mol. The van der Waals surface area contributed by atoms with E-state index in [1.54, 1.807) is 35.6 Å². The van der Waals surface area contributed by atoms with Crippen molar-refractivity contribution in [2.24, 2.45) is 0 Å². The van der Waals surface area contributed by atoms with E-state index in [0.717, 1.165) is 33.5 Å². The number of phenols is 1. The van der Waals surface area contributed by atoms with Gasteiger partial charge >= 0.3 is 5.97 Å². The van der Waals surface area contributed by atoms with Gasteiger partial charge in [-0.1, -0.05) is 36.4 Å². The topological polar surface area (TPSA) is 49.8 Å². The number of esters is 1. The Morgan fingerprint density at radius 2 is 1.69 bits per heavy atom. The Bertz CT molecular complexity index is 1620. The van der Waals surface area contributed by atoms with Gasteiger partial charge in [-0.05, 0) is 127 Å². The number of hydrogen-bond acceptors (Lipinski definition) is 5. The summed E-state index contributed by atoms with van der Waals surface area (Å²) in [6, 6.07) is 29.2. The number of ether oxygens (including phenoxy) is 1. The maximum atomic E-state index is 12.6. The largest absolute Gasteiger partial charge is 0.508 e. The Hall–Kier alpha value is -3.93. The summed E-state index contributed by atoms with van der Waals surface area (Å²) in [6.07, 6.45) is 3.40. The summed E-state index contributed by atoms with van der Waals surface area (Å²) in [5.74, 6) is 0.416. The summed E-state index contributed by atoms with van der Waals surface area (Å²) < 4.78 is 6.78. The lowest BCUT2D eigenvalue weighted by molar-refractivity contribution is 0.0735. The number of carbonyl (C=O) groups is 1. The second kappa shape index (κ2) is 11.0. The third kappa shape index (κ3) is 5.60. The summed E-state index contributed by atoms with van der Waals surface area (Å²) in [5, 5.41) is 11.0. The molecule has 196 valence electrons. The zero-order valence-corrected chi connectivity index (χ0v) is 22.8. The van der Waals surface area contributed by atoms with E-state index in [1.165, 1.54) is 48.2 Å². The van der Waals surface area contributed by atoms with Gasteiger partial charge in [0.15, 0.2) is 0 Å². The van der Waals surface area contributed by atoms with Crippen LogP contribution in [0.5, 0.6) is 11.5 Å². The molecule has 39 heavy (non-hydrogen) atoms. The van der Waals surface area contributed by atoms with Gasteiger partial charge in [-0.15, -0.1) is 11.3 Å². The molecule has 1 aliphatic heterocycles. The molecule has 0 aliphatic carbocycles. The fourth-order valence-corrected chi connectivity index (χ4v) is 6.64. The third-order valence-corrected chi connectivity index (χ3v) is 8.74. The van der Waals surface area contributed by atoms with Gasteiger partial charge in [0.05, 0.1) is 5.56 Å². The van der Waals surface area contributed by atoms with E-state index in [1.807, 2.05) is 42.5 Å². The smallest absolute Gasteiger partial charge is 0.343 e. The number of carbonyl (C=O) groups excluding carboxylic acids is 1. The van der Waals surface area contributed by atoms with Crippen LogP contribution in [0.2, 0.25) is 0 Å². The summed E-state index contributed by atoms with van der Waals surface area (Å²) in [4.78, 5) is 16.3. The molecule has 0 unspecified atom stereocenters. The monoisotopic (exact) mass is 533 g/mol. The number of aromatic hydroxyl groups is 1. The van der Waals surface area contributed by atoms with Crippen LogP contribution in [0.25, 0.3) is 20.5 Å². The fourth-order valence-electron chi connectivity index (χ4n) is 5.39. The Morgan fingerprint density at radius 3 is 2.44 bits per heavy atom. The van der Waals surface area contributed by atoms with Crippen LogP contribution in [0, 0.1) is 6.92 Å². The van der Waals surface area contributed by atoms with Crippen molar-refractivity contribution in [1.82, 2.24) is 4.90 Å². The minimum atomic E-state index is -0.366. The van der Waals surface area contributed by atoms with Crippen molar-refractivity contribution in [3.63, 3.8) is 0 Å². The van der Waals surface area contributed by atoms with Crippen LogP contribution in [0.3, 0.4) is 0 Å². The Balaban J connectivity index is 1.33. The number of aryl methyl sites for hydroxylation is 1. The van der Waals surface area contributed by atoms with Gasteiger partial charge in [-0.3, -0.25) is 4.90 Å². The lowest BCUT2D eigenvalue weighted by atomic mass is 9.96. The second-order valence-corrected chi connectivity index (χ2v) is 11.3. The predicted octanol–water partition coefficient (Wildman–Crippen LogP) is 7.99. The summed E-state index contributed by atoms with van der Waals surface area (Å²) in [7, 11) is 0. The number of hydrogen-bond donors (Lipinski definition) is 1. The van der Waals surface area contributed by atoms with Crippen molar-refractivity contribution >= 4 is 27.4 Å². The van der Waals surface area contributed by atoms with Crippen LogP contribution in [0.4, 0.5) is 0 Å². The van der Waals surface area contributed by atoms with E-state index in [0.29, 0.717) is 11.3 Å². The molecule has 4 aromatic carbocycles. The van der Waals surface area contributed by atoms with Gasteiger partial charge < -0.3 is 9.84 Å². The first kappa shape index (κ1) is 25.4. The van der Waals surface area contributed by atoms with E-state index in [-0.39, 0.29) is 11.7 Å². The SMILES string of the molecule is Cc1cc(Cc2c(-c3ccc(O)cc3)sc3cc(OC(=O)c4ccccc4)ccc23)ccc1CN1CCCC1. The zero-order valence-electron chi connectivity index (χ0n) is 22.0. The zero-order chi connectivity index (χ0) is 26.8. The first-order valence-corrected chi connectivity index (χ1v) is 14.3. The molecule has 1 aromatic heterocycles. The molecule has 0 saturated carbocycles. The van der Waals surface area contributed by atoms with Gasteiger partial charge in [0.25, 0.3) is 0 Å². The number of likely N-dealkylation sites (tertiary alicyclic amines) is 1. The molecule has 6 rings (SSSR count). The molecule has 1 aliphatic rings. The van der Waals surface area contributed by atoms with E-state index in [9.17, 15) is 9.90 Å². The van der Waals surface area contributed by atoms with Crippen LogP contribution < -0.4 is 4.74 Å². The van der Waals surface area contributed by atoms with Crippen molar-refractivity contribution in [3.05, 3.63) is 119 Å². The van der Waals surface area contributed by atoms with Gasteiger partial charge in [-0.25, -0.2) is 4.79 Å². The molecule has 4 nitrogen and oxygen atoms in total. The maximum absolute atomic E-state index is 12.6. The van der Waals surface area contributed by atoms with E-state index >= 15 is 0 Å². The first-order chi connectivity index (χ1) is 19.0. The highest BCUT2D eigenvalue weighted by atomic mass is 32.1. The van der Waals surface area contributed by atoms with E-state index in [2.05, 4.69) is 36.1 Å². The highest BCUT2D eigenvalue weighted by Crippen LogP contribution is 2.42. The molecule has 0 spiro atoms. The molecule has 1 saturated heterocycles. The Morgan fingerprint density at radius 1 is 0.923 bits per heavy atom. The number of benzene rings is 4. The van der Waals surface area contributed by atoms with Crippen LogP contribution in [-0.4, -0.2) is 29.1 Å². The summed E-state index contributed by atoms with van der Waals surface area (Å²) in [5.41, 5.74) is 6.84. The van der Waals surface area contributed by atoms with Crippen LogP contribution in [0.15, 0.2) is 91.0 Å². The normalized spacial score (nSPS) is 13.7. The van der Waals surface area contributed by atoms with Crippen molar-refractivity contribution in [3.8, 4) is 21.9 Å². The molecule has 1 N–H and O–H groups in total. The van der Waals surface area contributed by atoms with Crippen LogP contribution >= 0.6 is 11.3 Å². The highest BCUT2D eigenvalue weighted by Gasteiger charge is 2.18. The summed E-state index contributed by atoms with van der Waals surface area (Å²) >= 11 is 1.69. The number of fused-ring (bicyclic) bond motifs is 1. The fraction of sp³-hybridized carbons (Fsp3) is 0.206. The third-order valence-electron chi connectivity index (χ3n) is 7.49. The van der Waals surface area contributed by atoms with Gasteiger partial charge in [0, 0.05) is 16.1 Å². The Kier molecular flexibility index (Phi) is 7.18. The number of thiophene rings is 1. The van der Waals surface area contributed by atoms with Crippen LogP contribution in [-0.2, 0) is 13.0 Å². The number of nitrogens with zero attached hydrogens (tertiary/aromatic N) is 1. The van der Waals surface area contributed by atoms with E-state index in [4.69, 9.17) is 4.74 Å². The van der Waals surface area contributed by atoms with E-state index < -0.39 is 0 Å². The van der Waals surface area contributed by atoms with Crippen molar-refractivity contribution < 1.29 is 14.6 Å². The predicted molar refractivity (Wildman–Crippen MR) is 159 cm³/mol. The van der Waals surface area contributed by atoms with Crippen molar-refractivity contribution in [1.29, 1.82) is 0 Å². The lowest BCUT2D eigenvalue weighted by Crippen LogP contribution is -2.18. The number of rotatable bonds is 7. The lowest BCUT2D eigenvalue weighted by Gasteiger charge is -2.17. The first-order valence-electron chi connectivity index (χ1n) is 13.5. The minimum absolute atomic E-state index is 0.251. The highest BCUT2D eigenvalue weighted by molar-refractivity contribution is 7.22. The molecule has 5 aromatic rings. The van der Waals surface area contributed by atoms with Gasteiger partial charge in [-0.2, -0.15) is 0 Å². The average Bonchev–Trinajstić information content (AvgIpc) is 3.59. The second-order valence-electron chi connectivity index (χ2n) is 10.3. The standard InChI is InChI=1S/C34H31NO3S/c1-23-19-24(9-10-27(23)22-35-17-5-6-18-35)20-31-30-16-15-29(38-34(37)26-7-3-2-4-8-26)21-32(30)39-33(31)25-11-13-28(36)14-12-25/h2-4,7-16,19,21,36H,5-6,17-18,20,22H2,1H3. The molecule has 0 atom stereocenters. The molecule has 0 amide bonds.